The number of halogens is 1. The molecule has 1 atom stereocenters. The SMILES string of the molecule is Cc1cccc2c1C(c1ccc(Cl)cc1)=N[C@@H](CC(N)=O)c1onc(C)c1-2. The summed E-state index contributed by atoms with van der Waals surface area (Å²) in [6.45, 7) is 3.93. The standard InChI is InChI=1S/C21H18ClN3O2/c1-11-4-3-5-15-18(11)20(13-6-8-14(22)9-7-13)24-16(10-17(23)26)21-19(15)12(2)25-27-21/h3-9,16H,10H2,1-2H3,(H2,23,26)/t16-/m0/s1. The number of rotatable bonds is 3. The molecule has 2 heterocycles. The second kappa shape index (κ2) is 6.67. The van der Waals surface area contributed by atoms with E-state index < -0.39 is 11.9 Å². The summed E-state index contributed by atoms with van der Waals surface area (Å²) in [5.41, 5.74) is 11.9. The maximum atomic E-state index is 11.7. The second-order valence-electron chi connectivity index (χ2n) is 6.68. The molecule has 0 fully saturated rings. The van der Waals surface area contributed by atoms with E-state index in [2.05, 4.69) is 5.16 Å². The quantitative estimate of drug-likeness (QED) is 0.733. The molecule has 4 rings (SSSR count). The van der Waals surface area contributed by atoms with Crippen LogP contribution in [0.25, 0.3) is 11.1 Å². The third-order valence-electron chi connectivity index (χ3n) is 4.77. The van der Waals surface area contributed by atoms with Crippen LogP contribution in [-0.4, -0.2) is 16.8 Å². The van der Waals surface area contributed by atoms with Gasteiger partial charge in [0.15, 0.2) is 5.76 Å². The Morgan fingerprint density at radius 3 is 2.59 bits per heavy atom. The molecule has 0 saturated heterocycles. The van der Waals surface area contributed by atoms with Crippen molar-refractivity contribution in [2.45, 2.75) is 26.3 Å². The van der Waals surface area contributed by atoms with Gasteiger partial charge in [0.1, 0.15) is 6.04 Å². The van der Waals surface area contributed by atoms with Gasteiger partial charge in [-0.25, -0.2) is 0 Å². The molecule has 1 aromatic heterocycles. The van der Waals surface area contributed by atoms with Crippen molar-refractivity contribution in [1.29, 1.82) is 0 Å². The highest BCUT2D eigenvalue weighted by atomic mass is 35.5. The minimum absolute atomic E-state index is 0.0474. The number of carbonyl (C=O) groups excluding carboxylic acids is 1. The van der Waals surface area contributed by atoms with E-state index in [-0.39, 0.29) is 6.42 Å². The van der Waals surface area contributed by atoms with Crippen LogP contribution in [0.2, 0.25) is 5.02 Å². The number of hydrogen-bond donors (Lipinski definition) is 1. The monoisotopic (exact) mass is 379 g/mol. The van der Waals surface area contributed by atoms with E-state index in [1.165, 1.54) is 0 Å². The van der Waals surface area contributed by atoms with Crippen molar-refractivity contribution in [3.05, 3.63) is 75.6 Å². The van der Waals surface area contributed by atoms with Crippen LogP contribution in [0.1, 0.15) is 40.6 Å². The second-order valence-corrected chi connectivity index (χ2v) is 7.11. The number of nitrogens with zero attached hydrogens (tertiary/aromatic N) is 2. The first-order chi connectivity index (χ1) is 13.0. The number of aryl methyl sites for hydroxylation is 2. The summed E-state index contributed by atoms with van der Waals surface area (Å²) in [7, 11) is 0. The van der Waals surface area contributed by atoms with Gasteiger partial charge in [0.2, 0.25) is 5.91 Å². The first kappa shape index (κ1) is 17.5. The van der Waals surface area contributed by atoms with Gasteiger partial charge in [0.05, 0.1) is 23.4 Å². The number of primary amides is 1. The summed E-state index contributed by atoms with van der Waals surface area (Å²) < 4.78 is 5.59. The lowest BCUT2D eigenvalue weighted by Gasteiger charge is -2.14. The maximum Gasteiger partial charge on any atom is 0.220 e. The smallest absolute Gasteiger partial charge is 0.220 e. The molecule has 1 aliphatic heterocycles. The Hall–Kier alpha value is -2.92. The van der Waals surface area contributed by atoms with Crippen LogP contribution in [0.15, 0.2) is 52.0 Å². The topological polar surface area (TPSA) is 81.5 Å². The van der Waals surface area contributed by atoms with Crippen LogP contribution in [-0.2, 0) is 4.79 Å². The third-order valence-corrected chi connectivity index (χ3v) is 5.02. The maximum absolute atomic E-state index is 11.7. The summed E-state index contributed by atoms with van der Waals surface area (Å²) in [4.78, 5) is 16.6. The molecule has 27 heavy (non-hydrogen) atoms. The highest BCUT2D eigenvalue weighted by Crippen LogP contribution is 2.41. The number of hydrogen-bond acceptors (Lipinski definition) is 4. The fourth-order valence-corrected chi connectivity index (χ4v) is 3.69. The van der Waals surface area contributed by atoms with Crippen LogP contribution in [0, 0.1) is 13.8 Å². The van der Waals surface area contributed by atoms with Gasteiger partial charge >= 0.3 is 0 Å². The van der Waals surface area contributed by atoms with Gasteiger partial charge in [-0.05, 0) is 37.1 Å². The van der Waals surface area contributed by atoms with E-state index >= 15 is 0 Å². The van der Waals surface area contributed by atoms with E-state index in [1.54, 1.807) is 0 Å². The van der Waals surface area contributed by atoms with Crippen molar-refractivity contribution in [3.63, 3.8) is 0 Å². The van der Waals surface area contributed by atoms with Crippen LogP contribution < -0.4 is 5.73 Å². The molecule has 6 heteroatoms. The number of nitrogens with two attached hydrogens (primary N) is 1. The van der Waals surface area contributed by atoms with Crippen LogP contribution in [0.3, 0.4) is 0 Å². The number of aromatic nitrogens is 1. The molecule has 3 aromatic rings. The Labute approximate surface area is 161 Å². The Balaban J connectivity index is 2.04. The Bertz CT molecular complexity index is 1070. The summed E-state index contributed by atoms with van der Waals surface area (Å²) in [6, 6.07) is 13.1. The number of amides is 1. The number of benzene rings is 2. The first-order valence-corrected chi connectivity index (χ1v) is 9.02. The van der Waals surface area contributed by atoms with Gasteiger partial charge in [-0.3, -0.25) is 9.79 Å². The Morgan fingerprint density at radius 1 is 1.15 bits per heavy atom. The molecule has 0 unspecified atom stereocenters. The van der Waals surface area contributed by atoms with Gasteiger partial charge in [0, 0.05) is 16.1 Å². The number of fused-ring (bicyclic) bond motifs is 3. The molecule has 2 N–H and O–H groups in total. The summed E-state index contributed by atoms with van der Waals surface area (Å²) in [5.74, 6) is 0.129. The average Bonchev–Trinajstić information content (AvgIpc) is 2.94. The summed E-state index contributed by atoms with van der Waals surface area (Å²) in [6.07, 6.45) is 0.0474. The van der Waals surface area contributed by atoms with Gasteiger partial charge in [0.25, 0.3) is 0 Å². The number of aliphatic imine (C=N–C) groups is 1. The molecule has 0 bridgehead atoms. The Morgan fingerprint density at radius 2 is 1.89 bits per heavy atom. The normalized spacial score (nSPS) is 15.5. The molecule has 0 spiro atoms. The van der Waals surface area contributed by atoms with E-state index in [0.717, 1.165) is 39.2 Å². The first-order valence-electron chi connectivity index (χ1n) is 8.64. The molecule has 1 aliphatic rings. The summed E-state index contributed by atoms with van der Waals surface area (Å²) >= 11 is 6.06. The lowest BCUT2D eigenvalue weighted by atomic mass is 9.90. The van der Waals surface area contributed by atoms with Gasteiger partial charge in [-0.1, -0.05) is 47.1 Å². The third kappa shape index (κ3) is 3.04. The fourth-order valence-electron chi connectivity index (χ4n) is 3.57. The van der Waals surface area contributed by atoms with E-state index in [9.17, 15) is 4.79 Å². The molecule has 0 radical (unpaired) electrons. The van der Waals surface area contributed by atoms with E-state index in [0.29, 0.717) is 10.8 Å². The predicted molar refractivity (Wildman–Crippen MR) is 105 cm³/mol. The molecule has 2 aromatic carbocycles. The summed E-state index contributed by atoms with van der Waals surface area (Å²) in [5, 5.41) is 4.77. The average molecular weight is 380 g/mol. The molecule has 0 saturated carbocycles. The molecular formula is C21H18ClN3O2. The molecule has 0 aliphatic carbocycles. The highest BCUT2D eigenvalue weighted by molar-refractivity contribution is 6.30. The van der Waals surface area contributed by atoms with Gasteiger partial charge in [-0.15, -0.1) is 0 Å². The van der Waals surface area contributed by atoms with Crippen LogP contribution in [0.5, 0.6) is 0 Å². The molecule has 136 valence electrons. The zero-order valence-corrected chi connectivity index (χ0v) is 15.7. The largest absolute Gasteiger partial charge is 0.370 e. The van der Waals surface area contributed by atoms with Crippen molar-refractivity contribution in [3.8, 4) is 11.1 Å². The Kier molecular flexibility index (Phi) is 4.32. The van der Waals surface area contributed by atoms with E-state index in [4.69, 9.17) is 26.9 Å². The fraction of sp³-hybridized carbons (Fsp3) is 0.190. The lowest BCUT2D eigenvalue weighted by molar-refractivity contribution is -0.118. The van der Waals surface area contributed by atoms with Crippen molar-refractivity contribution in [2.24, 2.45) is 10.7 Å². The molecule has 1 amide bonds. The van der Waals surface area contributed by atoms with Crippen LogP contribution >= 0.6 is 11.6 Å². The van der Waals surface area contributed by atoms with E-state index in [1.807, 2.05) is 56.3 Å². The van der Waals surface area contributed by atoms with Crippen molar-refractivity contribution >= 4 is 23.2 Å². The zero-order valence-electron chi connectivity index (χ0n) is 15.0. The van der Waals surface area contributed by atoms with Crippen molar-refractivity contribution in [2.75, 3.05) is 0 Å². The minimum atomic E-state index is -0.531. The predicted octanol–water partition coefficient (Wildman–Crippen LogP) is 4.38. The minimum Gasteiger partial charge on any atom is -0.370 e. The van der Waals surface area contributed by atoms with Crippen LogP contribution in [0.4, 0.5) is 0 Å². The molecular weight excluding hydrogens is 362 g/mol. The molecule has 5 nitrogen and oxygen atoms in total. The van der Waals surface area contributed by atoms with Crippen molar-refractivity contribution in [1.82, 2.24) is 5.16 Å². The highest BCUT2D eigenvalue weighted by Gasteiger charge is 2.31. The number of carbonyl (C=O) groups is 1. The lowest BCUT2D eigenvalue weighted by Crippen LogP contribution is -2.15. The van der Waals surface area contributed by atoms with Gasteiger partial charge in [-0.2, -0.15) is 0 Å². The zero-order chi connectivity index (χ0) is 19.1. The van der Waals surface area contributed by atoms with Gasteiger partial charge < -0.3 is 10.3 Å². The van der Waals surface area contributed by atoms with Crippen molar-refractivity contribution < 1.29 is 9.32 Å².